The lowest BCUT2D eigenvalue weighted by Crippen LogP contribution is -2.08. The maximum absolute atomic E-state index is 12.3. The van der Waals surface area contributed by atoms with Gasteiger partial charge in [0.2, 0.25) is 0 Å². The molecule has 0 atom stereocenters. The number of phenols is 1. The number of halogens is 1. The van der Waals surface area contributed by atoms with Crippen LogP contribution in [0.4, 0.5) is 0 Å². The molecule has 0 amide bonds. The van der Waals surface area contributed by atoms with Gasteiger partial charge in [0.15, 0.2) is 0 Å². The summed E-state index contributed by atoms with van der Waals surface area (Å²) in [5.41, 5.74) is 3.20. The number of carbonyl (C=O) groups is 1. The Hall–Kier alpha value is -3.38. The molecule has 0 spiro atoms. The summed E-state index contributed by atoms with van der Waals surface area (Å²) < 4.78 is 5.35. The van der Waals surface area contributed by atoms with E-state index in [1.165, 1.54) is 10.9 Å². The van der Waals surface area contributed by atoms with E-state index in [-0.39, 0.29) is 11.5 Å². The number of nitrogens with zero attached hydrogens (tertiary/aromatic N) is 3. The van der Waals surface area contributed by atoms with Crippen molar-refractivity contribution in [3.8, 4) is 17.2 Å². The van der Waals surface area contributed by atoms with Crippen LogP contribution in [0.15, 0.2) is 60.7 Å². The highest BCUT2D eigenvalue weighted by atomic mass is 35.5. The van der Waals surface area contributed by atoms with Crippen LogP contribution >= 0.6 is 11.6 Å². The van der Waals surface area contributed by atoms with E-state index >= 15 is 0 Å². The third-order valence-corrected chi connectivity index (χ3v) is 4.55. The average molecular weight is 394 g/mol. The van der Waals surface area contributed by atoms with Crippen molar-refractivity contribution in [1.29, 1.82) is 0 Å². The van der Waals surface area contributed by atoms with Crippen LogP contribution in [0.25, 0.3) is 16.7 Å². The molecule has 4 aromatic rings. The van der Waals surface area contributed by atoms with E-state index < -0.39 is 5.97 Å². The lowest BCUT2D eigenvalue weighted by Gasteiger charge is -2.08. The molecule has 0 unspecified atom stereocenters. The van der Waals surface area contributed by atoms with Crippen LogP contribution in [0.3, 0.4) is 0 Å². The number of aromatic nitrogens is 3. The van der Waals surface area contributed by atoms with Crippen molar-refractivity contribution in [3.63, 3.8) is 0 Å². The number of phenolic OH excluding ortho intramolecular Hbond substituents is 1. The number of carbonyl (C=O) groups excluding carboxylic acids is 1. The highest BCUT2D eigenvalue weighted by Gasteiger charge is 2.13. The molecule has 0 radical (unpaired) electrons. The van der Waals surface area contributed by atoms with Gasteiger partial charge >= 0.3 is 5.97 Å². The van der Waals surface area contributed by atoms with Gasteiger partial charge in [-0.15, -0.1) is 15.0 Å². The van der Waals surface area contributed by atoms with Crippen LogP contribution in [0.1, 0.15) is 22.8 Å². The molecule has 0 aliphatic carbocycles. The standard InChI is InChI=1S/C21H16ClN3O3/c1-2-13-3-5-14(6-4-13)21(27)28-16-8-10-19(20(26)12-16)25-23-17-9-7-15(22)11-18(17)24-25/h3-12,26H,2H2,1H3. The Balaban J connectivity index is 1.57. The number of hydrogen-bond acceptors (Lipinski definition) is 5. The van der Waals surface area contributed by atoms with Crippen molar-refractivity contribution < 1.29 is 14.6 Å². The molecular weight excluding hydrogens is 378 g/mol. The van der Waals surface area contributed by atoms with Crippen molar-refractivity contribution in [1.82, 2.24) is 15.0 Å². The van der Waals surface area contributed by atoms with Crippen LogP contribution in [0.2, 0.25) is 5.02 Å². The number of aryl methyl sites for hydroxylation is 1. The first kappa shape index (κ1) is 18.0. The second kappa shape index (κ2) is 7.32. The first-order valence-corrected chi connectivity index (χ1v) is 9.08. The molecule has 0 saturated carbocycles. The first-order valence-electron chi connectivity index (χ1n) is 8.70. The van der Waals surface area contributed by atoms with E-state index in [0.717, 1.165) is 12.0 Å². The summed E-state index contributed by atoms with van der Waals surface area (Å²) >= 11 is 5.97. The Kier molecular flexibility index (Phi) is 4.71. The number of benzene rings is 3. The molecule has 1 heterocycles. The van der Waals surface area contributed by atoms with Crippen molar-refractivity contribution in [3.05, 3.63) is 76.8 Å². The molecule has 1 N–H and O–H groups in total. The minimum absolute atomic E-state index is 0.113. The summed E-state index contributed by atoms with van der Waals surface area (Å²) in [7, 11) is 0. The normalized spacial score (nSPS) is 10.9. The third kappa shape index (κ3) is 3.54. The quantitative estimate of drug-likeness (QED) is 0.406. The molecule has 7 heteroatoms. The van der Waals surface area contributed by atoms with E-state index in [0.29, 0.717) is 27.3 Å². The maximum atomic E-state index is 12.3. The van der Waals surface area contributed by atoms with Gasteiger partial charge in [0.25, 0.3) is 0 Å². The van der Waals surface area contributed by atoms with Crippen molar-refractivity contribution >= 4 is 28.6 Å². The topological polar surface area (TPSA) is 77.2 Å². The van der Waals surface area contributed by atoms with Gasteiger partial charge in [0, 0.05) is 11.1 Å². The average Bonchev–Trinajstić information content (AvgIpc) is 3.10. The number of aromatic hydroxyl groups is 1. The van der Waals surface area contributed by atoms with Crippen molar-refractivity contribution in [2.24, 2.45) is 0 Å². The summed E-state index contributed by atoms with van der Waals surface area (Å²) in [5, 5.41) is 19.5. The van der Waals surface area contributed by atoms with Gasteiger partial charge in [0.1, 0.15) is 28.2 Å². The number of rotatable bonds is 4. The van der Waals surface area contributed by atoms with Crippen LogP contribution < -0.4 is 4.74 Å². The number of hydrogen-bond donors (Lipinski definition) is 1. The molecular formula is C21H16ClN3O3. The van der Waals surface area contributed by atoms with E-state index in [9.17, 15) is 9.90 Å². The minimum Gasteiger partial charge on any atom is -0.505 e. The Morgan fingerprint density at radius 1 is 1.04 bits per heavy atom. The van der Waals surface area contributed by atoms with Gasteiger partial charge in [0.05, 0.1) is 5.56 Å². The number of fused-ring (bicyclic) bond motifs is 1. The molecule has 1 aromatic heterocycles. The predicted molar refractivity (Wildman–Crippen MR) is 106 cm³/mol. The first-order chi connectivity index (χ1) is 13.5. The maximum Gasteiger partial charge on any atom is 0.343 e. The number of ether oxygens (including phenoxy) is 1. The van der Waals surface area contributed by atoms with E-state index in [1.807, 2.05) is 19.1 Å². The van der Waals surface area contributed by atoms with Gasteiger partial charge < -0.3 is 9.84 Å². The zero-order chi connectivity index (χ0) is 19.7. The second-order valence-corrected chi connectivity index (χ2v) is 6.65. The highest BCUT2D eigenvalue weighted by molar-refractivity contribution is 6.31. The lowest BCUT2D eigenvalue weighted by atomic mass is 10.1. The molecule has 28 heavy (non-hydrogen) atoms. The van der Waals surface area contributed by atoms with Gasteiger partial charge in [-0.2, -0.15) is 0 Å². The molecule has 0 aliphatic heterocycles. The summed E-state index contributed by atoms with van der Waals surface area (Å²) in [6.07, 6.45) is 0.896. The molecule has 0 bridgehead atoms. The van der Waals surface area contributed by atoms with Gasteiger partial charge in [-0.05, 0) is 54.4 Å². The van der Waals surface area contributed by atoms with Crippen LogP contribution in [0, 0.1) is 0 Å². The fourth-order valence-corrected chi connectivity index (χ4v) is 2.94. The van der Waals surface area contributed by atoms with E-state index in [4.69, 9.17) is 16.3 Å². The van der Waals surface area contributed by atoms with Crippen molar-refractivity contribution in [2.45, 2.75) is 13.3 Å². The molecule has 0 fully saturated rings. The Morgan fingerprint density at radius 3 is 2.50 bits per heavy atom. The summed E-state index contributed by atoms with van der Waals surface area (Å²) in [6, 6.07) is 16.9. The lowest BCUT2D eigenvalue weighted by molar-refractivity contribution is 0.0734. The minimum atomic E-state index is -0.493. The van der Waals surface area contributed by atoms with Crippen LogP contribution in [-0.4, -0.2) is 26.1 Å². The van der Waals surface area contributed by atoms with Gasteiger partial charge in [-0.1, -0.05) is 30.7 Å². The van der Waals surface area contributed by atoms with Crippen LogP contribution in [0.5, 0.6) is 11.5 Å². The monoisotopic (exact) mass is 393 g/mol. The largest absolute Gasteiger partial charge is 0.505 e. The van der Waals surface area contributed by atoms with Gasteiger partial charge in [-0.25, -0.2) is 4.79 Å². The summed E-state index contributed by atoms with van der Waals surface area (Å²) in [4.78, 5) is 13.6. The zero-order valence-corrected chi connectivity index (χ0v) is 15.7. The van der Waals surface area contributed by atoms with E-state index in [1.54, 1.807) is 42.5 Å². The molecule has 3 aromatic carbocycles. The number of esters is 1. The molecule has 0 saturated heterocycles. The third-order valence-electron chi connectivity index (χ3n) is 4.31. The SMILES string of the molecule is CCc1ccc(C(=O)Oc2ccc(-n3nc4ccc(Cl)cc4n3)c(O)c2)cc1. The highest BCUT2D eigenvalue weighted by Crippen LogP contribution is 2.27. The van der Waals surface area contributed by atoms with Gasteiger partial charge in [-0.3, -0.25) is 0 Å². The zero-order valence-electron chi connectivity index (χ0n) is 15.0. The second-order valence-electron chi connectivity index (χ2n) is 6.21. The predicted octanol–water partition coefficient (Wildman–Crippen LogP) is 4.56. The summed E-state index contributed by atoms with van der Waals surface area (Å²) in [5.74, 6) is -0.379. The molecule has 6 nitrogen and oxygen atoms in total. The molecule has 0 aliphatic rings. The fraction of sp³-hybridized carbons (Fsp3) is 0.0952. The Morgan fingerprint density at radius 2 is 1.79 bits per heavy atom. The Bertz CT molecular complexity index is 1170. The van der Waals surface area contributed by atoms with Crippen LogP contribution in [-0.2, 0) is 6.42 Å². The van der Waals surface area contributed by atoms with Crippen molar-refractivity contribution in [2.75, 3.05) is 0 Å². The molecule has 4 rings (SSSR count). The smallest absolute Gasteiger partial charge is 0.343 e. The molecule has 140 valence electrons. The van der Waals surface area contributed by atoms with E-state index in [2.05, 4.69) is 10.2 Å². The summed E-state index contributed by atoms with van der Waals surface area (Å²) in [6.45, 7) is 2.05. The Labute approximate surface area is 165 Å². The fourth-order valence-electron chi connectivity index (χ4n) is 2.77.